The monoisotopic (exact) mass is 297 g/mol. The third-order valence-electron chi connectivity index (χ3n) is 4.94. The molecule has 21 heavy (non-hydrogen) atoms. The second kappa shape index (κ2) is 6.22. The number of urea groups is 1. The van der Waals surface area contributed by atoms with Crippen molar-refractivity contribution in [3.05, 3.63) is 0 Å². The van der Waals surface area contributed by atoms with E-state index in [-0.39, 0.29) is 11.9 Å². The maximum atomic E-state index is 12.7. The lowest BCUT2D eigenvalue weighted by Crippen LogP contribution is -2.55. The Labute approximate surface area is 126 Å². The molecular formula is C15H27N3O3. The van der Waals surface area contributed by atoms with E-state index in [0.29, 0.717) is 31.6 Å². The van der Waals surface area contributed by atoms with Crippen LogP contribution in [0.15, 0.2) is 0 Å². The molecule has 4 unspecified atom stereocenters. The summed E-state index contributed by atoms with van der Waals surface area (Å²) in [6, 6.07) is -0.440. The minimum absolute atomic E-state index is 0.0184. The molecule has 4 atom stereocenters. The number of piperidine rings is 1. The van der Waals surface area contributed by atoms with E-state index in [1.807, 2.05) is 25.9 Å². The molecule has 2 fully saturated rings. The van der Waals surface area contributed by atoms with Crippen LogP contribution < -0.4 is 0 Å². The first-order chi connectivity index (χ1) is 9.82. The zero-order valence-electron chi connectivity index (χ0n) is 13.5. The Morgan fingerprint density at radius 1 is 1.14 bits per heavy atom. The van der Waals surface area contributed by atoms with E-state index < -0.39 is 12.0 Å². The minimum atomic E-state index is -0.882. The summed E-state index contributed by atoms with van der Waals surface area (Å²) in [6.45, 7) is 6.01. The number of likely N-dealkylation sites (tertiary alicyclic amines) is 2. The van der Waals surface area contributed by atoms with Crippen LogP contribution in [-0.2, 0) is 4.79 Å². The summed E-state index contributed by atoms with van der Waals surface area (Å²) in [5.41, 5.74) is 0. The third-order valence-corrected chi connectivity index (χ3v) is 4.94. The molecule has 0 aliphatic carbocycles. The number of carboxylic acid groups (broad SMARTS) is 1. The summed E-state index contributed by atoms with van der Waals surface area (Å²) in [5.74, 6) is -0.453. The predicted octanol–water partition coefficient (Wildman–Crippen LogP) is 1.17. The maximum absolute atomic E-state index is 12.7. The van der Waals surface area contributed by atoms with Crippen molar-refractivity contribution in [1.82, 2.24) is 14.7 Å². The first-order valence-corrected chi connectivity index (χ1v) is 7.77. The molecule has 2 amide bonds. The Hall–Kier alpha value is -1.30. The average molecular weight is 297 g/mol. The summed E-state index contributed by atoms with van der Waals surface area (Å²) < 4.78 is 0. The molecule has 2 aliphatic rings. The molecule has 2 heterocycles. The van der Waals surface area contributed by atoms with E-state index in [1.54, 1.807) is 4.90 Å². The van der Waals surface area contributed by atoms with E-state index in [0.717, 1.165) is 12.8 Å². The minimum Gasteiger partial charge on any atom is -0.480 e. The van der Waals surface area contributed by atoms with E-state index in [4.69, 9.17) is 0 Å². The van der Waals surface area contributed by atoms with Crippen molar-refractivity contribution in [2.24, 2.45) is 11.8 Å². The van der Waals surface area contributed by atoms with Gasteiger partial charge in [-0.2, -0.15) is 0 Å². The quantitative estimate of drug-likeness (QED) is 0.831. The second-order valence-electron chi connectivity index (χ2n) is 6.79. The molecule has 0 bridgehead atoms. The smallest absolute Gasteiger partial charge is 0.326 e. The highest BCUT2D eigenvalue weighted by Gasteiger charge is 2.42. The fraction of sp³-hybridized carbons (Fsp3) is 0.867. The molecule has 0 spiro atoms. The van der Waals surface area contributed by atoms with Gasteiger partial charge < -0.3 is 19.8 Å². The molecule has 0 aromatic rings. The Balaban J connectivity index is 2.10. The van der Waals surface area contributed by atoms with Crippen LogP contribution >= 0.6 is 0 Å². The number of aliphatic carboxylic acids is 1. The highest BCUT2D eigenvalue weighted by atomic mass is 16.4. The van der Waals surface area contributed by atoms with Crippen LogP contribution in [0.3, 0.4) is 0 Å². The molecule has 2 rings (SSSR count). The molecule has 2 saturated heterocycles. The molecular weight excluding hydrogens is 270 g/mol. The number of hydrogen-bond donors (Lipinski definition) is 1. The normalized spacial score (nSPS) is 33.6. The topological polar surface area (TPSA) is 64.1 Å². The van der Waals surface area contributed by atoms with Crippen molar-refractivity contribution in [3.63, 3.8) is 0 Å². The van der Waals surface area contributed by atoms with Gasteiger partial charge in [0.25, 0.3) is 0 Å². The molecule has 1 N–H and O–H groups in total. The third kappa shape index (κ3) is 3.15. The van der Waals surface area contributed by atoms with Gasteiger partial charge in [-0.3, -0.25) is 0 Å². The fourth-order valence-corrected chi connectivity index (χ4v) is 3.74. The van der Waals surface area contributed by atoms with E-state index in [1.165, 1.54) is 0 Å². The zero-order valence-corrected chi connectivity index (χ0v) is 13.5. The van der Waals surface area contributed by atoms with Crippen LogP contribution in [0.2, 0.25) is 0 Å². The molecule has 120 valence electrons. The number of rotatable bonds is 2. The maximum Gasteiger partial charge on any atom is 0.326 e. The number of hydrogen-bond acceptors (Lipinski definition) is 3. The molecule has 0 radical (unpaired) electrons. The van der Waals surface area contributed by atoms with Gasteiger partial charge in [-0.05, 0) is 38.8 Å². The van der Waals surface area contributed by atoms with Crippen LogP contribution in [0.4, 0.5) is 4.79 Å². The first-order valence-electron chi connectivity index (χ1n) is 7.77. The summed E-state index contributed by atoms with van der Waals surface area (Å²) >= 11 is 0. The highest BCUT2D eigenvalue weighted by molar-refractivity contribution is 5.83. The number of carbonyl (C=O) groups excluding carboxylic acids is 1. The Kier molecular flexibility index (Phi) is 4.76. The van der Waals surface area contributed by atoms with Gasteiger partial charge >= 0.3 is 12.0 Å². The van der Waals surface area contributed by atoms with Crippen LogP contribution in [0.1, 0.15) is 26.7 Å². The summed E-state index contributed by atoms with van der Waals surface area (Å²) in [5, 5.41) is 9.44. The largest absolute Gasteiger partial charge is 0.480 e. The summed E-state index contributed by atoms with van der Waals surface area (Å²) in [6.07, 6.45) is 1.76. The van der Waals surface area contributed by atoms with Crippen molar-refractivity contribution in [3.8, 4) is 0 Å². The molecule has 0 saturated carbocycles. The lowest BCUT2D eigenvalue weighted by atomic mass is 9.91. The zero-order chi connectivity index (χ0) is 15.7. The van der Waals surface area contributed by atoms with Crippen LogP contribution in [0.5, 0.6) is 0 Å². The van der Waals surface area contributed by atoms with Gasteiger partial charge in [0.15, 0.2) is 0 Å². The van der Waals surface area contributed by atoms with Crippen molar-refractivity contribution in [1.29, 1.82) is 0 Å². The summed E-state index contributed by atoms with van der Waals surface area (Å²) in [4.78, 5) is 29.8. The average Bonchev–Trinajstić information content (AvgIpc) is 2.79. The lowest BCUT2D eigenvalue weighted by Gasteiger charge is -2.39. The van der Waals surface area contributed by atoms with Gasteiger partial charge in [0, 0.05) is 25.7 Å². The van der Waals surface area contributed by atoms with Gasteiger partial charge in [0.2, 0.25) is 0 Å². The number of likely N-dealkylation sites (N-methyl/N-ethyl adjacent to an activating group) is 1. The van der Waals surface area contributed by atoms with Crippen molar-refractivity contribution >= 4 is 12.0 Å². The molecule has 6 nitrogen and oxygen atoms in total. The molecule has 0 aromatic heterocycles. The molecule has 2 aliphatic heterocycles. The number of nitrogens with zero attached hydrogens (tertiary/aromatic N) is 3. The SMILES string of the molecule is CC1CN(C(=O)N2CCCC(C)C2C(=O)O)CC1N(C)C. The highest BCUT2D eigenvalue weighted by Crippen LogP contribution is 2.27. The van der Waals surface area contributed by atoms with E-state index >= 15 is 0 Å². The Morgan fingerprint density at radius 3 is 2.33 bits per heavy atom. The fourth-order valence-electron chi connectivity index (χ4n) is 3.74. The van der Waals surface area contributed by atoms with Crippen molar-refractivity contribution < 1.29 is 14.7 Å². The van der Waals surface area contributed by atoms with E-state index in [2.05, 4.69) is 11.8 Å². The van der Waals surface area contributed by atoms with Gasteiger partial charge in [-0.25, -0.2) is 9.59 Å². The lowest BCUT2D eigenvalue weighted by molar-refractivity contribution is -0.145. The number of carboxylic acids is 1. The van der Waals surface area contributed by atoms with E-state index in [9.17, 15) is 14.7 Å². The van der Waals surface area contributed by atoms with Crippen LogP contribution in [-0.4, -0.2) is 77.6 Å². The number of carbonyl (C=O) groups is 2. The van der Waals surface area contributed by atoms with Gasteiger partial charge in [-0.15, -0.1) is 0 Å². The Bertz CT molecular complexity index is 413. The van der Waals surface area contributed by atoms with Crippen molar-refractivity contribution in [2.45, 2.75) is 38.8 Å². The van der Waals surface area contributed by atoms with Gasteiger partial charge in [0.05, 0.1) is 0 Å². The Morgan fingerprint density at radius 2 is 1.81 bits per heavy atom. The summed E-state index contributed by atoms with van der Waals surface area (Å²) in [7, 11) is 4.05. The van der Waals surface area contributed by atoms with Crippen molar-refractivity contribution in [2.75, 3.05) is 33.7 Å². The first kappa shape index (κ1) is 16.1. The van der Waals surface area contributed by atoms with Crippen LogP contribution in [0.25, 0.3) is 0 Å². The molecule has 0 aromatic carbocycles. The molecule has 6 heteroatoms. The van der Waals surface area contributed by atoms with Gasteiger partial charge in [-0.1, -0.05) is 13.8 Å². The second-order valence-corrected chi connectivity index (χ2v) is 6.79. The number of amides is 2. The van der Waals surface area contributed by atoms with Crippen LogP contribution in [0, 0.1) is 11.8 Å². The van der Waals surface area contributed by atoms with Gasteiger partial charge in [0.1, 0.15) is 6.04 Å². The predicted molar refractivity (Wildman–Crippen MR) is 80.1 cm³/mol. The standard InChI is InChI=1S/C15H27N3O3/c1-10-6-5-7-18(13(10)14(19)20)15(21)17-8-11(2)12(9-17)16(3)4/h10-13H,5-9H2,1-4H3,(H,19,20).